The van der Waals surface area contributed by atoms with Crippen LogP contribution in [-0.2, 0) is 16.1 Å². The minimum atomic E-state index is -0.394. The molecule has 4 aliphatic rings. The molecule has 2 aromatic heterocycles. The molecule has 8 nitrogen and oxygen atoms in total. The van der Waals surface area contributed by atoms with E-state index in [0.717, 1.165) is 25.7 Å². The van der Waals surface area contributed by atoms with Crippen molar-refractivity contribution in [3.8, 4) is 0 Å². The second-order valence-electron chi connectivity index (χ2n) is 10.6. The van der Waals surface area contributed by atoms with Crippen LogP contribution in [0.3, 0.4) is 0 Å². The Hall–Kier alpha value is -2.77. The van der Waals surface area contributed by atoms with Crippen LogP contribution < -0.4 is 5.32 Å². The third-order valence-electron chi connectivity index (χ3n) is 8.41. The summed E-state index contributed by atoms with van der Waals surface area (Å²) in [5.74, 6) is 0.790. The van der Waals surface area contributed by atoms with Crippen molar-refractivity contribution in [1.82, 2.24) is 25.0 Å². The molecule has 0 spiro atoms. The Bertz CT molecular complexity index is 1130. The number of piperidine rings is 1. The van der Waals surface area contributed by atoms with E-state index in [0.29, 0.717) is 28.4 Å². The van der Waals surface area contributed by atoms with E-state index >= 15 is 0 Å². The zero-order valence-corrected chi connectivity index (χ0v) is 19.1. The highest BCUT2D eigenvalue weighted by Gasteiger charge is 2.58. The Morgan fingerprint density at radius 2 is 1.94 bits per heavy atom. The van der Waals surface area contributed by atoms with Crippen LogP contribution in [0.15, 0.2) is 18.5 Å². The summed E-state index contributed by atoms with van der Waals surface area (Å²) in [7, 11) is 0. The number of amides is 2. The van der Waals surface area contributed by atoms with Gasteiger partial charge in [-0.1, -0.05) is 19.3 Å². The largest absolute Gasteiger partial charge is 0.349 e. The summed E-state index contributed by atoms with van der Waals surface area (Å²) < 4.78 is 1.57. The molecular formula is C25H31N5O3. The fraction of sp³-hybridized carbons (Fsp3) is 0.640. The monoisotopic (exact) mass is 449 g/mol. The molecule has 33 heavy (non-hydrogen) atoms. The van der Waals surface area contributed by atoms with Gasteiger partial charge in [0.2, 0.25) is 11.8 Å². The minimum Gasteiger partial charge on any atom is -0.349 e. The predicted molar refractivity (Wildman–Crippen MR) is 121 cm³/mol. The lowest BCUT2D eigenvalue weighted by Crippen LogP contribution is -2.53. The van der Waals surface area contributed by atoms with E-state index in [9.17, 15) is 14.4 Å². The number of Topliss-reactive ketones (excluding diaryl/α,β-unsaturated/α-hetero) is 1. The molecule has 8 heteroatoms. The van der Waals surface area contributed by atoms with Gasteiger partial charge in [-0.15, -0.1) is 0 Å². The first kappa shape index (κ1) is 20.8. The summed E-state index contributed by atoms with van der Waals surface area (Å²) in [5, 5.41) is 8.53. The number of nitrogens with one attached hydrogen (secondary N) is 1. The maximum Gasteiger partial charge on any atom is 0.245 e. The average Bonchev–Trinajstić information content (AvgIpc) is 3.71. The highest BCUT2D eigenvalue weighted by Crippen LogP contribution is 2.51. The van der Waals surface area contributed by atoms with Gasteiger partial charge in [-0.2, -0.15) is 5.10 Å². The maximum absolute atomic E-state index is 13.5. The average molecular weight is 450 g/mol. The van der Waals surface area contributed by atoms with Gasteiger partial charge >= 0.3 is 0 Å². The second kappa shape index (κ2) is 7.64. The van der Waals surface area contributed by atoms with Crippen LogP contribution in [0.1, 0.15) is 75.2 Å². The molecule has 1 unspecified atom stereocenters. The Balaban J connectivity index is 1.20. The molecule has 3 heterocycles. The summed E-state index contributed by atoms with van der Waals surface area (Å²) in [6.07, 6.45) is 13.4. The van der Waals surface area contributed by atoms with Gasteiger partial charge in [0.05, 0.1) is 11.7 Å². The second-order valence-corrected chi connectivity index (χ2v) is 10.6. The molecule has 0 radical (unpaired) electrons. The molecular weight excluding hydrogens is 418 g/mol. The van der Waals surface area contributed by atoms with E-state index in [-0.39, 0.29) is 35.7 Å². The van der Waals surface area contributed by atoms with Crippen LogP contribution in [0.5, 0.6) is 0 Å². The van der Waals surface area contributed by atoms with Crippen molar-refractivity contribution in [3.63, 3.8) is 0 Å². The lowest BCUT2D eigenvalue weighted by atomic mass is 9.82. The number of ketones is 1. The quantitative estimate of drug-likeness (QED) is 0.684. The Morgan fingerprint density at radius 3 is 2.67 bits per heavy atom. The van der Waals surface area contributed by atoms with Crippen LogP contribution in [0.25, 0.3) is 10.9 Å². The number of hydrogen-bond donors (Lipinski definition) is 1. The molecule has 2 aromatic rings. The summed E-state index contributed by atoms with van der Waals surface area (Å²) in [5.41, 5.74) is 0.986. The van der Waals surface area contributed by atoms with E-state index in [1.54, 1.807) is 23.1 Å². The first-order chi connectivity index (χ1) is 16.0. The molecule has 3 aliphatic carbocycles. The normalized spacial score (nSPS) is 27.9. The first-order valence-electron chi connectivity index (χ1n) is 12.4. The summed E-state index contributed by atoms with van der Waals surface area (Å²) in [4.78, 5) is 44.9. The topological polar surface area (TPSA) is 97.2 Å². The van der Waals surface area contributed by atoms with Crippen molar-refractivity contribution < 1.29 is 14.4 Å². The van der Waals surface area contributed by atoms with Crippen molar-refractivity contribution in [3.05, 3.63) is 24.2 Å². The van der Waals surface area contributed by atoms with E-state index in [4.69, 9.17) is 0 Å². The molecule has 0 aromatic carbocycles. The van der Waals surface area contributed by atoms with Gasteiger partial charge in [0.25, 0.3) is 0 Å². The van der Waals surface area contributed by atoms with Gasteiger partial charge in [0, 0.05) is 30.1 Å². The lowest BCUT2D eigenvalue weighted by molar-refractivity contribution is -0.141. The van der Waals surface area contributed by atoms with Crippen LogP contribution in [-0.4, -0.2) is 54.9 Å². The lowest BCUT2D eigenvalue weighted by Gasteiger charge is -2.34. The van der Waals surface area contributed by atoms with Crippen LogP contribution in [0.4, 0.5) is 0 Å². The zero-order valence-electron chi connectivity index (χ0n) is 19.1. The fourth-order valence-corrected chi connectivity index (χ4v) is 6.41. The predicted octanol–water partition coefficient (Wildman–Crippen LogP) is 2.85. The molecule has 0 bridgehead atoms. The molecule has 1 N–H and O–H groups in total. The number of likely N-dealkylation sites (tertiary alicyclic amines) is 1. The van der Waals surface area contributed by atoms with Crippen molar-refractivity contribution in [2.45, 2.75) is 88.9 Å². The van der Waals surface area contributed by atoms with Crippen LogP contribution in [0.2, 0.25) is 0 Å². The van der Waals surface area contributed by atoms with Gasteiger partial charge in [0.1, 0.15) is 18.3 Å². The first-order valence-corrected chi connectivity index (χ1v) is 12.4. The molecule has 1 saturated heterocycles. The van der Waals surface area contributed by atoms with E-state index in [2.05, 4.69) is 15.4 Å². The molecule has 174 valence electrons. The molecule has 3 atom stereocenters. The number of carbonyl (C=O) groups is 3. The molecule has 4 fully saturated rings. The van der Waals surface area contributed by atoms with Crippen molar-refractivity contribution in [2.24, 2.45) is 11.8 Å². The van der Waals surface area contributed by atoms with Crippen molar-refractivity contribution >= 4 is 28.5 Å². The highest BCUT2D eigenvalue weighted by molar-refractivity contribution is 6.04. The van der Waals surface area contributed by atoms with Gasteiger partial charge in [0.15, 0.2) is 5.78 Å². The summed E-state index contributed by atoms with van der Waals surface area (Å²) >= 11 is 0. The third kappa shape index (κ3) is 3.54. The maximum atomic E-state index is 13.5. The number of rotatable bonds is 6. The smallest absolute Gasteiger partial charge is 0.245 e. The number of hydrogen-bond acceptors (Lipinski definition) is 5. The Morgan fingerprint density at radius 1 is 1.15 bits per heavy atom. The van der Waals surface area contributed by atoms with E-state index in [1.807, 2.05) is 4.90 Å². The zero-order chi connectivity index (χ0) is 22.7. The molecule has 2 amide bonds. The minimum absolute atomic E-state index is 0.0102. The van der Waals surface area contributed by atoms with Gasteiger partial charge in [-0.05, 0) is 56.4 Å². The summed E-state index contributed by atoms with van der Waals surface area (Å²) in [6, 6.07) is 1.52. The SMILES string of the molecule is CC(=O)c1nn(CC(=O)N2[C@@H]3CC3C[C@H]2C(=O)NC2(C3CCCCC3)CC2)c2cnccc12. The standard InChI is InChI=1S/C25H31N5O3/c1-15(31)23-18-7-10-26-13-21(18)29(28-23)14-22(32)30-19-11-16(19)12-20(30)24(33)27-25(8-9-25)17-5-3-2-4-6-17/h7,10,13,16-17,19-20H,2-6,8-9,11-12,14H2,1H3,(H,27,33)/t16?,19-,20+/m1/s1. The van der Waals surface area contributed by atoms with Crippen molar-refractivity contribution in [2.75, 3.05) is 0 Å². The number of nitrogens with zero attached hydrogens (tertiary/aromatic N) is 4. The fourth-order valence-electron chi connectivity index (χ4n) is 6.41. The number of carbonyl (C=O) groups excluding carboxylic acids is 3. The Kier molecular flexibility index (Phi) is 4.82. The molecule has 1 aliphatic heterocycles. The third-order valence-corrected chi connectivity index (χ3v) is 8.41. The molecule has 3 saturated carbocycles. The van der Waals surface area contributed by atoms with E-state index < -0.39 is 6.04 Å². The van der Waals surface area contributed by atoms with Gasteiger partial charge in [-0.25, -0.2) is 0 Å². The summed E-state index contributed by atoms with van der Waals surface area (Å²) in [6.45, 7) is 1.49. The van der Waals surface area contributed by atoms with Gasteiger partial charge in [-0.3, -0.25) is 24.0 Å². The number of aromatic nitrogens is 3. The molecule has 6 rings (SSSR count). The van der Waals surface area contributed by atoms with Crippen LogP contribution >= 0.6 is 0 Å². The van der Waals surface area contributed by atoms with E-state index in [1.165, 1.54) is 39.0 Å². The number of pyridine rings is 1. The van der Waals surface area contributed by atoms with Crippen LogP contribution in [0, 0.1) is 11.8 Å². The highest BCUT2D eigenvalue weighted by atomic mass is 16.2. The van der Waals surface area contributed by atoms with Gasteiger partial charge < -0.3 is 10.2 Å². The van der Waals surface area contributed by atoms with Crippen molar-refractivity contribution in [1.29, 1.82) is 0 Å². The Labute approximate surface area is 193 Å². The number of fused-ring (bicyclic) bond motifs is 2.